The average Bonchev–Trinajstić information content (AvgIpc) is 3.21. The zero-order valence-corrected chi connectivity index (χ0v) is 18.5. The van der Waals surface area contributed by atoms with Gasteiger partial charge in [0.1, 0.15) is 0 Å². The lowest BCUT2D eigenvalue weighted by Gasteiger charge is -2.28. The van der Waals surface area contributed by atoms with E-state index < -0.39 is 0 Å². The quantitative estimate of drug-likeness (QED) is 0.682. The lowest BCUT2D eigenvalue weighted by molar-refractivity contribution is -0.118. The minimum Gasteiger partial charge on any atom is -0.378 e. The minimum atomic E-state index is 0.0669. The summed E-state index contributed by atoms with van der Waals surface area (Å²) >= 11 is 1.45. The highest BCUT2D eigenvalue weighted by Gasteiger charge is 2.22. The van der Waals surface area contributed by atoms with Crippen LogP contribution in [-0.4, -0.2) is 59.3 Å². The van der Waals surface area contributed by atoms with Crippen molar-refractivity contribution in [3.63, 3.8) is 0 Å². The predicted octanol–water partition coefficient (Wildman–Crippen LogP) is 3.20. The normalized spacial score (nSPS) is 17.8. The first kappa shape index (κ1) is 21.2. The Balaban J connectivity index is 1.45. The molecule has 2 aromatic rings. The van der Waals surface area contributed by atoms with Gasteiger partial charge in [0, 0.05) is 19.6 Å². The van der Waals surface area contributed by atoms with Gasteiger partial charge in [0.2, 0.25) is 11.9 Å². The number of aromatic nitrogens is 3. The molecular weight excluding hydrogens is 398 g/mol. The lowest BCUT2D eigenvalue weighted by atomic mass is 9.89. The highest BCUT2D eigenvalue weighted by atomic mass is 32.2. The van der Waals surface area contributed by atoms with Gasteiger partial charge >= 0.3 is 0 Å². The van der Waals surface area contributed by atoms with Crippen molar-refractivity contribution in [2.75, 3.05) is 43.5 Å². The Labute approximate surface area is 182 Å². The van der Waals surface area contributed by atoms with E-state index in [0.717, 1.165) is 36.4 Å². The summed E-state index contributed by atoms with van der Waals surface area (Å²) in [6.07, 6.45) is 6.38. The van der Waals surface area contributed by atoms with Crippen LogP contribution in [0.15, 0.2) is 29.4 Å². The SMILES string of the molecule is Cc1cccc(-n2c(SCC(=O)NCC3CCCCC3)nnc2N2CCOCC2)c1. The summed E-state index contributed by atoms with van der Waals surface area (Å²) in [6.45, 7) is 5.82. The van der Waals surface area contributed by atoms with Crippen molar-refractivity contribution in [2.24, 2.45) is 5.92 Å². The number of morpholine rings is 1. The maximum absolute atomic E-state index is 12.5. The molecule has 0 atom stereocenters. The summed E-state index contributed by atoms with van der Waals surface area (Å²) in [5.74, 6) is 1.86. The van der Waals surface area contributed by atoms with Gasteiger partial charge in [-0.1, -0.05) is 43.2 Å². The van der Waals surface area contributed by atoms with Gasteiger partial charge in [0.05, 0.1) is 24.7 Å². The van der Waals surface area contributed by atoms with E-state index in [4.69, 9.17) is 4.74 Å². The molecule has 30 heavy (non-hydrogen) atoms. The van der Waals surface area contributed by atoms with Crippen molar-refractivity contribution in [1.29, 1.82) is 0 Å². The maximum atomic E-state index is 12.5. The monoisotopic (exact) mass is 429 g/mol. The Morgan fingerprint density at radius 2 is 2.00 bits per heavy atom. The molecule has 1 aromatic carbocycles. The number of nitrogens with zero attached hydrogens (tertiary/aromatic N) is 4. The van der Waals surface area contributed by atoms with Crippen LogP contribution in [0.25, 0.3) is 5.69 Å². The molecule has 0 spiro atoms. The number of hydrogen-bond acceptors (Lipinski definition) is 6. The standard InChI is InChI=1S/C22H31N5O2S/c1-17-6-5-9-19(14-17)27-21(26-10-12-29-13-11-26)24-25-22(27)30-16-20(28)23-15-18-7-3-2-4-8-18/h5-6,9,14,18H,2-4,7-8,10-13,15-16H2,1H3,(H,23,28). The molecule has 1 amide bonds. The molecule has 0 unspecified atom stereocenters. The predicted molar refractivity (Wildman–Crippen MR) is 119 cm³/mol. The summed E-state index contributed by atoms with van der Waals surface area (Å²) in [5, 5.41) is 12.8. The third kappa shape index (κ3) is 5.35. The third-order valence-electron chi connectivity index (χ3n) is 5.82. The van der Waals surface area contributed by atoms with Crippen molar-refractivity contribution < 1.29 is 9.53 Å². The lowest BCUT2D eigenvalue weighted by Crippen LogP contribution is -2.37. The van der Waals surface area contributed by atoms with Gasteiger partial charge in [0.25, 0.3) is 0 Å². The molecule has 1 aromatic heterocycles. The first-order chi connectivity index (χ1) is 14.7. The Hall–Kier alpha value is -2.06. The molecule has 2 fully saturated rings. The fourth-order valence-corrected chi connectivity index (χ4v) is 4.92. The molecule has 1 saturated carbocycles. The summed E-state index contributed by atoms with van der Waals surface area (Å²) in [4.78, 5) is 14.7. The number of benzene rings is 1. The van der Waals surface area contributed by atoms with E-state index in [1.165, 1.54) is 49.4 Å². The van der Waals surface area contributed by atoms with Crippen LogP contribution in [0.4, 0.5) is 5.95 Å². The van der Waals surface area contributed by atoms with Crippen molar-refractivity contribution in [1.82, 2.24) is 20.1 Å². The Bertz CT molecular complexity index is 844. The zero-order valence-electron chi connectivity index (χ0n) is 17.7. The summed E-state index contributed by atoms with van der Waals surface area (Å²) in [6, 6.07) is 8.31. The molecule has 1 saturated heterocycles. The van der Waals surface area contributed by atoms with E-state index in [2.05, 4.69) is 50.1 Å². The van der Waals surface area contributed by atoms with Crippen LogP contribution in [0, 0.1) is 12.8 Å². The average molecular weight is 430 g/mol. The smallest absolute Gasteiger partial charge is 0.232 e. The first-order valence-electron chi connectivity index (χ1n) is 11.0. The fraction of sp³-hybridized carbons (Fsp3) is 0.591. The molecule has 1 N–H and O–H groups in total. The van der Waals surface area contributed by atoms with E-state index in [1.54, 1.807) is 0 Å². The van der Waals surface area contributed by atoms with Gasteiger partial charge in [-0.2, -0.15) is 0 Å². The molecule has 7 nitrogen and oxygen atoms in total. The Morgan fingerprint density at radius 3 is 2.77 bits per heavy atom. The van der Waals surface area contributed by atoms with Crippen molar-refractivity contribution in [3.8, 4) is 5.69 Å². The summed E-state index contributed by atoms with van der Waals surface area (Å²) < 4.78 is 7.56. The fourth-order valence-electron chi connectivity index (χ4n) is 4.15. The van der Waals surface area contributed by atoms with Gasteiger partial charge in [0.15, 0.2) is 5.16 Å². The molecule has 2 heterocycles. The van der Waals surface area contributed by atoms with Gasteiger partial charge in [-0.3, -0.25) is 9.36 Å². The molecule has 1 aliphatic heterocycles. The number of amides is 1. The Morgan fingerprint density at radius 1 is 1.20 bits per heavy atom. The molecule has 0 bridgehead atoms. The number of carbonyl (C=O) groups excluding carboxylic acids is 1. The minimum absolute atomic E-state index is 0.0669. The molecular formula is C22H31N5O2S. The highest BCUT2D eigenvalue weighted by Crippen LogP contribution is 2.28. The second-order valence-corrected chi connectivity index (χ2v) is 9.10. The molecule has 162 valence electrons. The van der Waals surface area contributed by atoms with E-state index >= 15 is 0 Å². The molecule has 4 rings (SSSR count). The van der Waals surface area contributed by atoms with E-state index in [0.29, 0.717) is 24.9 Å². The number of nitrogens with one attached hydrogen (secondary N) is 1. The van der Waals surface area contributed by atoms with Crippen LogP contribution >= 0.6 is 11.8 Å². The van der Waals surface area contributed by atoms with Gasteiger partial charge in [-0.15, -0.1) is 10.2 Å². The van der Waals surface area contributed by atoms with Crippen LogP contribution in [0.5, 0.6) is 0 Å². The highest BCUT2D eigenvalue weighted by molar-refractivity contribution is 7.99. The summed E-state index contributed by atoms with van der Waals surface area (Å²) in [7, 11) is 0. The first-order valence-corrected chi connectivity index (χ1v) is 11.9. The van der Waals surface area contributed by atoms with Crippen LogP contribution in [-0.2, 0) is 9.53 Å². The number of thioether (sulfide) groups is 1. The van der Waals surface area contributed by atoms with E-state index in [1.807, 2.05) is 6.07 Å². The molecule has 1 aliphatic carbocycles. The molecule has 8 heteroatoms. The van der Waals surface area contributed by atoms with Crippen LogP contribution in [0.2, 0.25) is 0 Å². The number of anilines is 1. The van der Waals surface area contributed by atoms with Crippen LogP contribution in [0.1, 0.15) is 37.7 Å². The van der Waals surface area contributed by atoms with Crippen molar-refractivity contribution in [3.05, 3.63) is 29.8 Å². The van der Waals surface area contributed by atoms with Gasteiger partial charge in [-0.05, 0) is 43.4 Å². The maximum Gasteiger partial charge on any atom is 0.232 e. The number of ether oxygens (including phenoxy) is 1. The van der Waals surface area contributed by atoms with Gasteiger partial charge in [-0.25, -0.2) is 0 Å². The molecule has 0 radical (unpaired) electrons. The van der Waals surface area contributed by atoms with E-state index in [-0.39, 0.29) is 5.91 Å². The van der Waals surface area contributed by atoms with E-state index in [9.17, 15) is 4.79 Å². The van der Waals surface area contributed by atoms with Gasteiger partial charge < -0.3 is 15.0 Å². The Kier molecular flexibility index (Phi) is 7.28. The van der Waals surface area contributed by atoms with Crippen molar-refractivity contribution >= 4 is 23.6 Å². The molecule has 2 aliphatic rings. The second kappa shape index (κ2) is 10.3. The number of hydrogen-bond donors (Lipinski definition) is 1. The zero-order chi connectivity index (χ0) is 20.8. The second-order valence-electron chi connectivity index (χ2n) is 8.15. The third-order valence-corrected chi connectivity index (χ3v) is 6.74. The van der Waals surface area contributed by atoms with Crippen molar-refractivity contribution in [2.45, 2.75) is 44.2 Å². The topological polar surface area (TPSA) is 72.3 Å². The number of rotatable bonds is 7. The van der Waals surface area contributed by atoms with Crippen LogP contribution in [0.3, 0.4) is 0 Å². The summed E-state index contributed by atoms with van der Waals surface area (Å²) in [5.41, 5.74) is 2.20. The number of aryl methyl sites for hydroxylation is 1. The number of carbonyl (C=O) groups is 1. The largest absolute Gasteiger partial charge is 0.378 e. The van der Waals surface area contributed by atoms with Crippen LogP contribution < -0.4 is 10.2 Å².